The number of hydrogen-bond acceptors (Lipinski definition) is 0. The Balaban J connectivity index is 1.27. The van der Waals surface area contributed by atoms with Gasteiger partial charge in [0.25, 0.3) is 0 Å². The Labute approximate surface area is 205 Å². The van der Waals surface area contributed by atoms with Gasteiger partial charge in [0.15, 0.2) is 0 Å². The van der Waals surface area contributed by atoms with Gasteiger partial charge in [0, 0.05) is 0 Å². The largest absolute Gasteiger partial charge is 0.0628 e. The van der Waals surface area contributed by atoms with Gasteiger partial charge in [0.1, 0.15) is 0 Å². The minimum atomic E-state index is 0.622. The Hall–Kier alpha value is -0.780. The van der Waals surface area contributed by atoms with Crippen LogP contribution in [0.4, 0.5) is 0 Å². The van der Waals surface area contributed by atoms with Gasteiger partial charge in [-0.25, -0.2) is 0 Å². The van der Waals surface area contributed by atoms with Crippen molar-refractivity contribution in [3.63, 3.8) is 0 Å². The average molecular weight is 449 g/mol. The molecule has 0 amide bonds. The van der Waals surface area contributed by atoms with Crippen LogP contribution in [0, 0.1) is 52.3 Å². The van der Waals surface area contributed by atoms with Gasteiger partial charge in [-0.1, -0.05) is 84.2 Å². The topological polar surface area (TPSA) is 0 Å². The summed E-state index contributed by atoms with van der Waals surface area (Å²) in [5, 5.41) is 0. The Bertz CT molecular complexity index is 778. The number of benzene rings is 1. The highest BCUT2D eigenvalue weighted by molar-refractivity contribution is 5.21. The van der Waals surface area contributed by atoms with E-state index in [1.165, 1.54) is 64.2 Å². The van der Waals surface area contributed by atoms with E-state index < -0.39 is 0 Å². The molecule has 4 fully saturated rings. The molecule has 1 aromatic rings. The maximum absolute atomic E-state index is 2.76. The lowest BCUT2D eigenvalue weighted by atomic mass is 9.43. The van der Waals surface area contributed by atoms with Gasteiger partial charge in [-0.15, -0.1) is 0 Å². The van der Waals surface area contributed by atoms with Crippen LogP contribution in [0.5, 0.6) is 0 Å². The van der Waals surface area contributed by atoms with E-state index in [1.54, 1.807) is 18.4 Å². The van der Waals surface area contributed by atoms with E-state index in [0.717, 1.165) is 47.3 Å². The molecule has 0 aliphatic heterocycles. The first kappa shape index (κ1) is 23.9. The molecule has 0 heterocycles. The van der Waals surface area contributed by atoms with Crippen molar-refractivity contribution in [3.8, 4) is 0 Å². The van der Waals surface area contributed by atoms with Crippen LogP contribution in [0.2, 0.25) is 0 Å². The van der Waals surface area contributed by atoms with Crippen LogP contribution in [0.25, 0.3) is 0 Å². The molecule has 0 spiro atoms. The third-order valence-corrected chi connectivity index (χ3v) is 12.1. The summed E-state index contributed by atoms with van der Waals surface area (Å²) in [6.45, 7) is 12.9. The number of fused-ring (bicyclic) bond motifs is 5. The molecule has 9 atom stereocenters. The number of hydrogen-bond donors (Lipinski definition) is 0. The van der Waals surface area contributed by atoms with Crippen LogP contribution in [-0.4, -0.2) is 0 Å². The quantitative estimate of drug-likeness (QED) is 0.406. The fourth-order valence-electron chi connectivity index (χ4n) is 10.3. The van der Waals surface area contributed by atoms with Gasteiger partial charge in [-0.2, -0.15) is 0 Å². The standard InChI is InChI=1S/C33H52/c1-23(2)10-9-11-24(3)29-16-17-30-28-15-14-27-22-26(25-12-7-6-8-13-25)18-20-32(27,4)31(28)19-21-33(29,30)5/h6-8,12-13,23-24,26-31H,9-11,14-22H2,1-5H3/t24-,26-,27+,28+,29-,30+,31+,32+,33-/m1/s1. The van der Waals surface area contributed by atoms with Crippen LogP contribution in [-0.2, 0) is 0 Å². The fourth-order valence-corrected chi connectivity index (χ4v) is 10.3. The predicted octanol–water partition coefficient (Wildman–Crippen LogP) is 9.89. The zero-order valence-electron chi connectivity index (χ0n) is 22.5. The van der Waals surface area contributed by atoms with Crippen molar-refractivity contribution >= 4 is 0 Å². The van der Waals surface area contributed by atoms with Crippen molar-refractivity contribution in [2.24, 2.45) is 52.3 Å². The molecule has 0 N–H and O–H groups in total. The lowest BCUT2D eigenvalue weighted by molar-refractivity contribution is -0.117. The Morgan fingerprint density at radius 2 is 1.52 bits per heavy atom. The number of rotatable bonds is 6. The maximum Gasteiger partial charge on any atom is -0.0159 e. The van der Waals surface area contributed by atoms with Crippen molar-refractivity contribution in [2.75, 3.05) is 0 Å². The maximum atomic E-state index is 2.76. The first-order valence-corrected chi connectivity index (χ1v) is 14.9. The molecule has 0 nitrogen and oxygen atoms in total. The van der Waals surface area contributed by atoms with E-state index in [9.17, 15) is 0 Å². The molecule has 0 aromatic heterocycles. The first-order chi connectivity index (χ1) is 15.8. The van der Waals surface area contributed by atoms with Crippen LogP contribution >= 0.6 is 0 Å². The van der Waals surface area contributed by atoms with E-state index >= 15 is 0 Å². The zero-order chi connectivity index (χ0) is 23.2. The van der Waals surface area contributed by atoms with E-state index in [-0.39, 0.29) is 0 Å². The summed E-state index contributed by atoms with van der Waals surface area (Å²) >= 11 is 0. The summed E-state index contributed by atoms with van der Waals surface area (Å²) in [6, 6.07) is 11.5. The van der Waals surface area contributed by atoms with E-state index in [4.69, 9.17) is 0 Å². The molecular weight excluding hydrogens is 396 g/mol. The van der Waals surface area contributed by atoms with E-state index in [2.05, 4.69) is 65.0 Å². The second kappa shape index (κ2) is 9.35. The SMILES string of the molecule is CC(C)CCC[C@@H](C)[C@H]1CC[C@H]2[C@@H]3CC[C@H]4C[C@H](c5ccccc5)CC[C@]4(C)[C@H]3CC[C@]12C. The minimum absolute atomic E-state index is 0.622. The molecule has 0 bridgehead atoms. The molecule has 1 aromatic carbocycles. The summed E-state index contributed by atoms with van der Waals surface area (Å²) in [7, 11) is 0. The van der Waals surface area contributed by atoms with Gasteiger partial charge in [0.05, 0.1) is 0 Å². The van der Waals surface area contributed by atoms with Crippen LogP contribution in [0.3, 0.4) is 0 Å². The van der Waals surface area contributed by atoms with Crippen LogP contribution in [0.1, 0.15) is 123 Å². The molecule has 184 valence electrons. The van der Waals surface area contributed by atoms with Crippen molar-refractivity contribution in [1.82, 2.24) is 0 Å². The molecule has 0 unspecified atom stereocenters. The second-order valence-corrected chi connectivity index (χ2v) is 14.1. The molecule has 0 saturated heterocycles. The molecule has 0 heteroatoms. The van der Waals surface area contributed by atoms with Crippen molar-refractivity contribution in [3.05, 3.63) is 35.9 Å². The van der Waals surface area contributed by atoms with Gasteiger partial charge in [0.2, 0.25) is 0 Å². The highest BCUT2D eigenvalue weighted by atomic mass is 14.6. The van der Waals surface area contributed by atoms with Gasteiger partial charge in [-0.3, -0.25) is 0 Å². The molecular formula is C33H52. The Kier molecular flexibility index (Phi) is 6.78. The average Bonchev–Trinajstić information content (AvgIpc) is 3.16. The summed E-state index contributed by atoms with van der Waals surface area (Å²) in [4.78, 5) is 0. The monoisotopic (exact) mass is 448 g/mol. The predicted molar refractivity (Wildman–Crippen MR) is 142 cm³/mol. The Morgan fingerprint density at radius 1 is 0.788 bits per heavy atom. The van der Waals surface area contributed by atoms with Crippen molar-refractivity contribution in [2.45, 2.75) is 118 Å². The molecule has 5 rings (SSSR count). The summed E-state index contributed by atoms with van der Waals surface area (Å²) in [6.07, 6.45) is 17.9. The normalized spacial score (nSPS) is 43.6. The lowest BCUT2D eigenvalue weighted by Gasteiger charge is -2.61. The molecule has 4 aliphatic carbocycles. The van der Waals surface area contributed by atoms with Crippen LogP contribution in [0.15, 0.2) is 30.3 Å². The van der Waals surface area contributed by atoms with Crippen molar-refractivity contribution < 1.29 is 0 Å². The third kappa shape index (κ3) is 4.25. The fraction of sp³-hybridized carbons (Fsp3) is 0.818. The smallest absolute Gasteiger partial charge is 0.0159 e. The molecule has 0 radical (unpaired) electrons. The van der Waals surface area contributed by atoms with Crippen molar-refractivity contribution in [1.29, 1.82) is 0 Å². The zero-order valence-corrected chi connectivity index (χ0v) is 22.5. The Morgan fingerprint density at radius 3 is 2.27 bits per heavy atom. The summed E-state index contributed by atoms with van der Waals surface area (Å²) in [5.41, 5.74) is 2.88. The van der Waals surface area contributed by atoms with Gasteiger partial charge in [-0.05, 0) is 122 Å². The molecule has 4 aliphatic rings. The molecule has 33 heavy (non-hydrogen) atoms. The summed E-state index contributed by atoms with van der Waals surface area (Å²) in [5.74, 6) is 7.66. The second-order valence-electron chi connectivity index (χ2n) is 14.1. The van der Waals surface area contributed by atoms with Gasteiger partial charge >= 0.3 is 0 Å². The lowest BCUT2D eigenvalue weighted by Crippen LogP contribution is -2.53. The minimum Gasteiger partial charge on any atom is -0.0628 e. The third-order valence-electron chi connectivity index (χ3n) is 12.1. The highest BCUT2D eigenvalue weighted by Crippen LogP contribution is 2.69. The van der Waals surface area contributed by atoms with Crippen LogP contribution < -0.4 is 0 Å². The van der Waals surface area contributed by atoms with E-state index in [0.29, 0.717) is 10.8 Å². The highest BCUT2D eigenvalue weighted by Gasteiger charge is 2.60. The molecule has 4 saturated carbocycles. The van der Waals surface area contributed by atoms with Gasteiger partial charge < -0.3 is 0 Å². The summed E-state index contributed by atoms with van der Waals surface area (Å²) < 4.78 is 0. The van der Waals surface area contributed by atoms with E-state index in [1.807, 2.05) is 0 Å². The first-order valence-electron chi connectivity index (χ1n) is 14.9.